The zero-order valence-electron chi connectivity index (χ0n) is 47.9. The number of nitrogens with two attached hydrogens (primary N) is 1. The summed E-state index contributed by atoms with van der Waals surface area (Å²) >= 11 is 0. The van der Waals surface area contributed by atoms with Crippen LogP contribution in [-0.2, 0) is 52.5 Å². The number of nitrogens with zero attached hydrogens (tertiary/aromatic N) is 2. The first kappa shape index (κ1) is 68.8. The quantitative estimate of drug-likeness (QED) is 0.0214. The molecule has 2 atom stereocenters. The minimum atomic E-state index is -4.64. The Kier molecular flexibility index (Phi) is 30.0. The largest absolute Gasteiger partial charge is 0.460 e. The molecule has 0 radical (unpaired) electrons. The SMILES string of the molecule is CC(C)(C)OC(=O)CCCCCOCCCCOCCCCNc1ccc2c(c1)C(=O)N(C1CCC(=O)NC1=O)C2=O.NCCCCOCCCCOCCCCNc1ccc2c(c1)C(=O)N(C1CCC(=O)NC1=O)C2=O.O=CC(F)(F)F. The Morgan fingerprint density at radius 2 is 0.904 bits per heavy atom. The highest BCUT2D eigenvalue weighted by molar-refractivity contribution is 6.24. The summed E-state index contributed by atoms with van der Waals surface area (Å²) in [7, 11) is 0. The van der Waals surface area contributed by atoms with Gasteiger partial charge in [-0.15, -0.1) is 0 Å². The molecule has 4 heterocycles. The lowest BCUT2D eigenvalue weighted by Gasteiger charge is -2.27. The molecule has 25 heteroatoms. The van der Waals surface area contributed by atoms with Crippen LogP contribution >= 0.6 is 0 Å². The molecule has 4 aliphatic rings. The van der Waals surface area contributed by atoms with Crippen molar-refractivity contribution in [3.8, 4) is 0 Å². The lowest BCUT2D eigenvalue weighted by molar-refractivity contribution is -0.156. The van der Waals surface area contributed by atoms with Gasteiger partial charge in [0.2, 0.25) is 29.9 Å². The number of ether oxygens (including phenoxy) is 5. The van der Waals surface area contributed by atoms with Gasteiger partial charge in [0.05, 0.1) is 22.3 Å². The molecular weight excluding hydrogens is 1090 g/mol. The molecule has 2 saturated heterocycles. The summed E-state index contributed by atoms with van der Waals surface area (Å²) in [4.78, 5) is 121. The maximum Gasteiger partial charge on any atom is 0.446 e. The molecule has 83 heavy (non-hydrogen) atoms. The number of hydrogen-bond donors (Lipinski definition) is 5. The van der Waals surface area contributed by atoms with Crippen LogP contribution in [0.5, 0.6) is 0 Å². The number of rotatable bonds is 34. The van der Waals surface area contributed by atoms with E-state index in [0.717, 1.165) is 124 Å². The van der Waals surface area contributed by atoms with Gasteiger partial charge in [-0.3, -0.25) is 68.4 Å². The van der Waals surface area contributed by atoms with Crippen LogP contribution in [0.15, 0.2) is 36.4 Å². The van der Waals surface area contributed by atoms with Crippen LogP contribution < -0.4 is 27.0 Å². The zero-order chi connectivity index (χ0) is 60.8. The highest BCUT2D eigenvalue weighted by Crippen LogP contribution is 2.31. The minimum absolute atomic E-state index is 0.0930. The number of unbranched alkanes of at least 4 members (excludes halogenated alkanes) is 7. The van der Waals surface area contributed by atoms with Crippen LogP contribution in [0.3, 0.4) is 0 Å². The van der Waals surface area contributed by atoms with Crippen molar-refractivity contribution >= 4 is 70.9 Å². The van der Waals surface area contributed by atoms with Crippen LogP contribution in [0.4, 0.5) is 24.5 Å². The third-order valence-electron chi connectivity index (χ3n) is 13.1. The van der Waals surface area contributed by atoms with Gasteiger partial charge in [0.25, 0.3) is 23.6 Å². The first-order valence-corrected chi connectivity index (χ1v) is 28.6. The summed E-state index contributed by atoms with van der Waals surface area (Å²) < 4.78 is 59.1. The second kappa shape index (κ2) is 36.1. The monoisotopic (exact) mass is 1170 g/mol. The van der Waals surface area contributed by atoms with E-state index in [1.54, 1.807) is 36.4 Å². The Bertz CT molecular complexity index is 2510. The second-order valence-corrected chi connectivity index (χ2v) is 21.1. The number of amides is 8. The number of imide groups is 4. The molecule has 0 saturated carbocycles. The number of anilines is 2. The van der Waals surface area contributed by atoms with Gasteiger partial charge in [-0.1, -0.05) is 6.42 Å². The summed E-state index contributed by atoms with van der Waals surface area (Å²) in [5.74, 6) is -4.17. The number of halogens is 3. The molecule has 2 unspecified atom stereocenters. The smallest absolute Gasteiger partial charge is 0.446 e. The number of esters is 1. The van der Waals surface area contributed by atoms with E-state index in [0.29, 0.717) is 59.1 Å². The predicted octanol–water partition coefficient (Wildman–Crippen LogP) is 6.58. The molecule has 2 aromatic rings. The standard InChI is InChI=1S/C31H45N3O8.C25H36N4O6.C2HF3O/c1-31(2,3)42-27(36)11-5-4-7-17-40-19-9-10-20-41-18-8-6-16-32-22-12-13-23-24(21-22)30(39)34(29(23)38)25-14-15-26(35)33-28(25)37;26-11-1-3-13-34-15-5-6-16-35-14-4-2-12-27-18-7-8-19-20(17-18)25(33)29(24(19)32)21-9-10-22(30)28-23(21)31;3-2(4,5)1-6/h12-13,21,25,32H,4-11,14-20H2,1-3H3,(H,33,35,37);7-8,17,21,27H,1-6,9-16,26H2,(H,28,30,31);1H. The van der Waals surface area contributed by atoms with Crippen LogP contribution in [0, 0.1) is 0 Å². The van der Waals surface area contributed by atoms with E-state index in [1.807, 2.05) is 20.8 Å². The van der Waals surface area contributed by atoms with E-state index in [9.17, 15) is 56.3 Å². The molecule has 4 aliphatic heterocycles. The number of carbonyl (C=O) groups excluding carboxylic acids is 10. The lowest BCUT2D eigenvalue weighted by Crippen LogP contribution is -2.54. The minimum Gasteiger partial charge on any atom is -0.460 e. The van der Waals surface area contributed by atoms with Gasteiger partial charge in [0.1, 0.15) is 17.7 Å². The van der Waals surface area contributed by atoms with E-state index < -0.39 is 71.5 Å². The van der Waals surface area contributed by atoms with Gasteiger partial charge in [0, 0.05) is 96.6 Å². The number of piperidine rings is 2. The highest BCUT2D eigenvalue weighted by atomic mass is 19.4. The first-order valence-electron chi connectivity index (χ1n) is 28.6. The van der Waals surface area contributed by atoms with Crippen molar-refractivity contribution < 1.29 is 84.8 Å². The Morgan fingerprint density at radius 3 is 1.25 bits per heavy atom. The number of fused-ring (bicyclic) bond motifs is 2. The van der Waals surface area contributed by atoms with Crippen molar-refractivity contribution in [3.63, 3.8) is 0 Å². The van der Waals surface area contributed by atoms with Crippen molar-refractivity contribution in [2.24, 2.45) is 5.73 Å². The van der Waals surface area contributed by atoms with Crippen molar-refractivity contribution in [2.75, 3.05) is 83.1 Å². The predicted molar refractivity (Wildman–Crippen MR) is 298 cm³/mol. The summed E-state index contributed by atoms with van der Waals surface area (Å²) in [6.07, 6.45) is 7.39. The molecular formula is C58H82F3N7O15. The number of nitrogens with one attached hydrogen (secondary N) is 4. The third kappa shape index (κ3) is 24.6. The molecule has 6 N–H and O–H groups in total. The number of alkyl halides is 3. The molecule has 6 rings (SSSR count). The average Bonchev–Trinajstić information content (AvgIpc) is 3.97. The van der Waals surface area contributed by atoms with Crippen molar-refractivity contribution in [2.45, 2.75) is 160 Å². The zero-order valence-corrected chi connectivity index (χ0v) is 47.9. The maximum atomic E-state index is 12.9. The molecule has 22 nitrogen and oxygen atoms in total. The average molecular weight is 1170 g/mol. The van der Waals surface area contributed by atoms with Crippen LogP contribution in [-0.4, -0.2) is 166 Å². The van der Waals surface area contributed by atoms with E-state index in [-0.39, 0.29) is 59.8 Å². The van der Waals surface area contributed by atoms with Gasteiger partial charge in [-0.2, -0.15) is 13.2 Å². The van der Waals surface area contributed by atoms with Gasteiger partial charge >= 0.3 is 12.1 Å². The van der Waals surface area contributed by atoms with E-state index in [2.05, 4.69) is 21.3 Å². The van der Waals surface area contributed by atoms with Gasteiger partial charge < -0.3 is 40.1 Å². The molecule has 0 spiro atoms. The van der Waals surface area contributed by atoms with Crippen LogP contribution in [0.1, 0.15) is 178 Å². The van der Waals surface area contributed by atoms with Gasteiger partial charge in [-0.05, 0) is 154 Å². The normalized spacial score (nSPS) is 16.8. The summed E-state index contributed by atoms with van der Waals surface area (Å²) in [5.41, 5.74) is 7.57. The molecule has 460 valence electrons. The number of benzene rings is 2. The van der Waals surface area contributed by atoms with Crippen molar-refractivity contribution in [3.05, 3.63) is 58.7 Å². The molecule has 8 amide bonds. The topological polar surface area (TPSA) is 297 Å². The molecule has 2 aromatic carbocycles. The summed E-state index contributed by atoms with van der Waals surface area (Å²) in [6.45, 7) is 13.5. The van der Waals surface area contributed by atoms with Crippen LogP contribution in [0.25, 0.3) is 0 Å². The second-order valence-electron chi connectivity index (χ2n) is 21.1. The molecule has 0 bridgehead atoms. The number of aldehydes is 1. The number of hydrogen-bond acceptors (Lipinski definition) is 18. The summed E-state index contributed by atoms with van der Waals surface area (Å²) in [6, 6.07) is 8.09. The Balaban J connectivity index is 0.000000328. The van der Waals surface area contributed by atoms with Gasteiger partial charge in [-0.25, -0.2) is 0 Å². The van der Waals surface area contributed by atoms with Gasteiger partial charge in [0.15, 0.2) is 0 Å². The summed E-state index contributed by atoms with van der Waals surface area (Å²) in [5, 5.41) is 10.9. The Hall–Kier alpha value is -6.67. The Labute approximate surface area is 482 Å². The van der Waals surface area contributed by atoms with Crippen molar-refractivity contribution in [1.29, 1.82) is 0 Å². The Morgan fingerprint density at radius 1 is 0.554 bits per heavy atom. The first-order chi connectivity index (χ1) is 39.6. The highest BCUT2D eigenvalue weighted by Gasteiger charge is 2.46. The van der Waals surface area contributed by atoms with E-state index in [4.69, 9.17) is 34.2 Å². The maximum absolute atomic E-state index is 12.9. The van der Waals surface area contributed by atoms with Crippen LogP contribution in [0.2, 0.25) is 0 Å². The third-order valence-corrected chi connectivity index (χ3v) is 13.1. The number of carbonyl (C=O) groups is 10. The molecule has 2 fully saturated rings. The fourth-order valence-corrected chi connectivity index (χ4v) is 8.90. The lowest BCUT2D eigenvalue weighted by atomic mass is 10.0. The fourth-order valence-electron chi connectivity index (χ4n) is 8.90. The molecule has 0 aliphatic carbocycles. The van der Waals surface area contributed by atoms with E-state index in [1.165, 1.54) is 0 Å². The molecule has 0 aromatic heterocycles. The van der Waals surface area contributed by atoms with E-state index >= 15 is 0 Å². The fraction of sp³-hybridized carbons (Fsp3) is 0.621. The van der Waals surface area contributed by atoms with Crippen molar-refractivity contribution in [1.82, 2.24) is 20.4 Å².